The molecule has 0 bridgehead atoms. The molecule has 2 amide bonds. The second-order valence-electron chi connectivity index (χ2n) is 7.76. The highest BCUT2D eigenvalue weighted by atomic mass is 16.5. The van der Waals surface area contributed by atoms with E-state index in [-0.39, 0.29) is 29.7 Å². The van der Waals surface area contributed by atoms with Gasteiger partial charge in [-0.25, -0.2) is 4.98 Å². The van der Waals surface area contributed by atoms with Crippen molar-refractivity contribution in [1.82, 2.24) is 25.8 Å². The van der Waals surface area contributed by atoms with Crippen molar-refractivity contribution in [2.45, 2.75) is 38.3 Å². The number of amides is 2. The highest BCUT2D eigenvalue weighted by molar-refractivity contribution is 5.93. The van der Waals surface area contributed by atoms with Gasteiger partial charge in [0.25, 0.3) is 5.91 Å². The predicted octanol–water partition coefficient (Wildman–Crippen LogP) is 0.855. The van der Waals surface area contributed by atoms with Gasteiger partial charge < -0.3 is 25.0 Å². The molecule has 2 aliphatic rings. The molecule has 0 aliphatic carbocycles. The lowest BCUT2D eigenvalue weighted by atomic mass is 10.1. The molecule has 2 N–H and O–H groups in total. The number of piperidine rings is 1. The van der Waals surface area contributed by atoms with E-state index in [9.17, 15) is 9.59 Å². The Labute approximate surface area is 180 Å². The van der Waals surface area contributed by atoms with Crippen LogP contribution >= 0.6 is 0 Å². The Bertz CT molecular complexity index is 943. The quantitative estimate of drug-likeness (QED) is 0.698. The third kappa shape index (κ3) is 5.01. The number of pyridine rings is 1. The summed E-state index contributed by atoms with van der Waals surface area (Å²) in [5.41, 5.74) is 1.14. The summed E-state index contributed by atoms with van der Waals surface area (Å²) in [6.45, 7) is 3.93. The van der Waals surface area contributed by atoms with Crippen LogP contribution in [0.4, 0.5) is 5.82 Å². The predicted molar refractivity (Wildman–Crippen MR) is 112 cm³/mol. The fraction of sp³-hybridized carbons (Fsp3) is 0.476. The molecule has 2 aliphatic heterocycles. The molecule has 1 unspecified atom stereocenters. The van der Waals surface area contributed by atoms with Crippen LogP contribution in [-0.2, 0) is 4.79 Å². The van der Waals surface area contributed by atoms with Crippen LogP contribution < -0.4 is 25.0 Å². The van der Waals surface area contributed by atoms with Crippen molar-refractivity contribution in [3.05, 3.63) is 35.7 Å². The van der Waals surface area contributed by atoms with Crippen molar-refractivity contribution in [3.63, 3.8) is 0 Å². The number of ether oxygens (including phenoxy) is 2. The number of carbonyl (C=O) groups is 2. The summed E-state index contributed by atoms with van der Waals surface area (Å²) in [4.78, 5) is 30.0. The average molecular weight is 426 g/mol. The van der Waals surface area contributed by atoms with Gasteiger partial charge in [-0.05, 0) is 24.6 Å². The second-order valence-corrected chi connectivity index (χ2v) is 7.76. The molecule has 31 heavy (non-hydrogen) atoms. The van der Waals surface area contributed by atoms with Crippen LogP contribution in [0.1, 0.15) is 35.3 Å². The molecule has 4 rings (SSSR count). The van der Waals surface area contributed by atoms with Crippen LogP contribution in [0.2, 0.25) is 0 Å². The Kier molecular flexibility index (Phi) is 6.15. The van der Waals surface area contributed by atoms with Crippen LogP contribution in [0.3, 0.4) is 0 Å². The summed E-state index contributed by atoms with van der Waals surface area (Å²) in [5.74, 6) is 1.69. The first-order chi connectivity index (χ1) is 15.0. The monoisotopic (exact) mass is 426 g/mol. The van der Waals surface area contributed by atoms with E-state index in [2.05, 4.69) is 30.7 Å². The number of aromatic nitrogens is 3. The molecule has 164 valence electrons. The molecule has 2 aromatic heterocycles. The van der Waals surface area contributed by atoms with Crippen LogP contribution in [-0.4, -0.2) is 65.9 Å². The van der Waals surface area contributed by atoms with Crippen LogP contribution in [0, 0.1) is 6.92 Å². The van der Waals surface area contributed by atoms with Gasteiger partial charge in [0, 0.05) is 45.0 Å². The molecule has 0 radical (unpaired) electrons. The van der Waals surface area contributed by atoms with Gasteiger partial charge in [0.1, 0.15) is 11.9 Å². The largest absolute Gasteiger partial charge is 0.489 e. The Morgan fingerprint density at radius 1 is 1.26 bits per heavy atom. The maximum atomic E-state index is 12.4. The summed E-state index contributed by atoms with van der Waals surface area (Å²) in [6.07, 6.45) is 3.76. The number of carbonyl (C=O) groups excluding carboxylic acids is 2. The number of hydrogen-bond donors (Lipinski definition) is 2. The zero-order valence-corrected chi connectivity index (χ0v) is 17.6. The van der Waals surface area contributed by atoms with Crippen molar-refractivity contribution in [2.24, 2.45) is 0 Å². The lowest BCUT2D eigenvalue weighted by Gasteiger charge is -2.33. The van der Waals surface area contributed by atoms with Crippen molar-refractivity contribution < 1.29 is 19.1 Å². The molecule has 10 nitrogen and oxygen atoms in total. The summed E-state index contributed by atoms with van der Waals surface area (Å²) >= 11 is 0. The fourth-order valence-electron chi connectivity index (χ4n) is 3.80. The topological polar surface area (TPSA) is 119 Å². The van der Waals surface area contributed by atoms with Gasteiger partial charge in [0.05, 0.1) is 19.3 Å². The van der Waals surface area contributed by atoms with Crippen molar-refractivity contribution in [2.75, 3.05) is 31.6 Å². The summed E-state index contributed by atoms with van der Waals surface area (Å²) in [6, 6.07) is 5.17. The number of methoxy groups -OCH3 is 1. The summed E-state index contributed by atoms with van der Waals surface area (Å²) in [7, 11) is 1.58. The highest BCUT2D eigenvalue weighted by Gasteiger charge is 2.26. The van der Waals surface area contributed by atoms with E-state index in [1.54, 1.807) is 25.4 Å². The molecule has 2 saturated heterocycles. The minimum Gasteiger partial charge on any atom is -0.489 e. The molecule has 4 heterocycles. The van der Waals surface area contributed by atoms with Crippen molar-refractivity contribution >= 4 is 17.6 Å². The Balaban J connectivity index is 1.31. The van der Waals surface area contributed by atoms with E-state index in [1.165, 1.54) is 0 Å². The molecule has 1 atom stereocenters. The first kappa shape index (κ1) is 20.8. The third-order valence-corrected chi connectivity index (χ3v) is 5.47. The number of hydrogen-bond acceptors (Lipinski definition) is 8. The van der Waals surface area contributed by atoms with Crippen molar-refractivity contribution in [1.29, 1.82) is 0 Å². The number of rotatable bonds is 6. The van der Waals surface area contributed by atoms with E-state index in [0.29, 0.717) is 18.8 Å². The molecule has 0 saturated carbocycles. The maximum absolute atomic E-state index is 12.4. The zero-order chi connectivity index (χ0) is 21.8. The smallest absolute Gasteiger partial charge is 0.272 e. The standard InChI is InChI=1S/C21H26N6O4/c1-13-9-17(21(29)24-14-10-18(28)22-11-14)25-26-20(13)27-7-5-15(6-8-27)31-16-3-4-19(30-2)23-12-16/h3-4,9,12,14-15H,5-8,10-11H2,1-2H3,(H,22,28)(H,24,29). The van der Waals surface area contributed by atoms with Crippen LogP contribution in [0.5, 0.6) is 11.6 Å². The maximum Gasteiger partial charge on any atom is 0.272 e. The first-order valence-electron chi connectivity index (χ1n) is 10.4. The van der Waals surface area contributed by atoms with Gasteiger partial charge in [-0.2, -0.15) is 0 Å². The lowest BCUT2D eigenvalue weighted by molar-refractivity contribution is -0.119. The highest BCUT2D eigenvalue weighted by Crippen LogP contribution is 2.24. The van der Waals surface area contributed by atoms with E-state index in [1.807, 2.05) is 13.0 Å². The second kappa shape index (κ2) is 9.15. The lowest BCUT2D eigenvalue weighted by Crippen LogP contribution is -2.39. The molecule has 2 aromatic rings. The minimum absolute atomic E-state index is 0.0569. The van der Waals surface area contributed by atoms with Gasteiger partial charge in [0.2, 0.25) is 11.8 Å². The molecule has 0 aromatic carbocycles. The van der Waals surface area contributed by atoms with Gasteiger partial charge in [0.15, 0.2) is 11.5 Å². The third-order valence-electron chi connectivity index (χ3n) is 5.47. The first-order valence-corrected chi connectivity index (χ1v) is 10.4. The van der Waals surface area contributed by atoms with E-state index in [0.717, 1.165) is 43.1 Å². The van der Waals surface area contributed by atoms with Crippen molar-refractivity contribution in [3.8, 4) is 11.6 Å². The van der Waals surface area contributed by atoms with Crippen LogP contribution in [0.15, 0.2) is 24.4 Å². The minimum atomic E-state index is -0.316. The molecule has 2 fully saturated rings. The molecular formula is C21H26N6O4. The van der Waals surface area contributed by atoms with E-state index >= 15 is 0 Å². The molecule has 10 heteroatoms. The SMILES string of the molecule is COc1ccc(OC2CCN(c3nnc(C(=O)NC4CNC(=O)C4)cc3C)CC2)cn1. The van der Waals surface area contributed by atoms with Gasteiger partial charge in [-0.15, -0.1) is 10.2 Å². The fourth-order valence-corrected chi connectivity index (χ4v) is 3.80. The Morgan fingerprint density at radius 2 is 2.06 bits per heavy atom. The Hall–Kier alpha value is -3.43. The normalized spacial score (nSPS) is 19.1. The van der Waals surface area contributed by atoms with E-state index in [4.69, 9.17) is 9.47 Å². The Morgan fingerprint density at radius 3 is 2.68 bits per heavy atom. The zero-order valence-electron chi connectivity index (χ0n) is 17.6. The number of aryl methyl sites for hydroxylation is 1. The summed E-state index contributed by atoms with van der Waals surface area (Å²) < 4.78 is 11.1. The molecule has 0 spiro atoms. The molecular weight excluding hydrogens is 400 g/mol. The number of nitrogens with one attached hydrogen (secondary N) is 2. The van der Waals surface area contributed by atoms with Gasteiger partial charge in [-0.1, -0.05) is 0 Å². The summed E-state index contributed by atoms with van der Waals surface area (Å²) in [5, 5.41) is 13.9. The van der Waals surface area contributed by atoms with E-state index < -0.39 is 0 Å². The van der Waals surface area contributed by atoms with Gasteiger partial charge >= 0.3 is 0 Å². The number of anilines is 1. The average Bonchev–Trinajstić information content (AvgIpc) is 3.19. The number of nitrogens with zero attached hydrogens (tertiary/aromatic N) is 4. The van der Waals surface area contributed by atoms with Gasteiger partial charge in [-0.3, -0.25) is 9.59 Å². The van der Waals surface area contributed by atoms with Crippen LogP contribution in [0.25, 0.3) is 0 Å².